The van der Waals surface area contributed by atoms with Gasteiger partial charge >= 0.3 is 0 Å². The first-order valence-corrected chi connectivity index (χ1v) is 20.8. The Bertz CT molecular complexity index is 3850. The zero-order valence-electron chi connectivity index (χ0n) is 33.2. The lowest BCUT2D eigenvalue weighted by atomic mass is 9.94. The van der Waals surface area contributed by atoms with Gasteiger partial charge in [0.25, 0.3) is 0 Å². The van der Waals surface area contributed by atoms with E-state index >= 15 is 0 Å². The Kier molecular flexibility index (Phi) is 7.50. The SMILES string of the molecule is c1ccc(N(c2ccc3oc(-c4ccc5oc(-c6ccc7c(c6)c6ccccc6n7-c6ccccc6)nc5c4)nc3c2)c2ccc3c4ccccc4c4ccccc4c3c2)cc1. The van der Waals surface area contributed by atoms with Gasteiger partial charge in [0.1, 0.15) is 11.0 Å². The van der Waals surface area contributed by atoms with E-state index in [1.165, 1.54) is 37.7 Å². The van der Waals surface area contributed by atoms with Crippen LogP contribution in [0, 0.1) is 0 Å². The van der Waals surface area contributed by atoms with E-state index in [1.54, 1.807) is 0 Å². The van der Waals surface area contributed by atoms with Crippen molar-refractivity contribution in [3.8, 4) is 28.6 Å². The predicted octanol–water partition coefficient (Wildman–Crippen LogP) is 15.3. The summed E-state index contributed by atoms with van der Waals surface area (Å²) in [5, 5.41) is 9.77. The summed E-state index contributed by atoms with van der Waals surface area (Å²) in [7, 11) is 0. The molecule has 0 amide bonds. The molecule has 0 unspecified atom stereocenters. The van der Waals surface area contributed by atoms with Gasteiger partial charge in [-0.05, 0) is 129 Å². The average Bonchev–Trinajstić information content (AvgIpc) is 4.06. The maximum atomic E-state index is 6.42. The molecule has 0 aliphatic heterocycles. The van der Waals surface area contributed by atoms with E-state index in [-0.39, 0.29) is 0 Å². The van der Waals surface area contributed by atoms with Crippen molar-refractivity contribution in [3.05, 3.63) is 206 Å². The number of aromatic nitrogens is 3. The highest BCUT2D eigenvalue weighted by molar-refractivity contribution is 6.25. The van der Waals surface area contributed by atoms with Crippen LogP contribution >= 0.6 is 0 Å². The highest BCUT2D eigenvalue weighted by Gasteiger charge is 2.20. The average molecular weight is 795 g/mol. The summed E-state index contributed by atoms with van der Waals surface area (Å²) in [6.45, 7) is 0. The number of fused-ring (bicyclic) bond motifs is 11. The maximum Gasteiger partial charge on any atom is 0.227 e. The number of rotatable bonds is 6. The number of nitrogens with zero attached hydrogens (tertiary/aromatic N) is 4. The third-order valence-electron chi connectivity index (χ3n) is 12.2. The normalized spacial score (nSPS) is 11.9. The molecule has 3 heterocycles. The van der Waals surface area contributed by atoms with Crippen LogP contribution in [0.15, 0.2) is 215 Å². The lowest BCUT2D eigenvalue weighted by Crippen LogP contribution is -2.09. The van der Waals surface area contributed by atoms with E-state index in [9.17, 15) is 0 Å². The van der Waals surface area contributed by atoms with E-state index in [4.69, 9.17) is 18.8 Å². The molecule has 0 atom stereocenters. The van der Waals surface area contributed by atoms with Crippen molar-refractivity contribution in [1.29, 1.82) is 0 Å². The van der Waals surface area contributed by atoms with Crippen molar-refractivity contribution in [2.45, 2.75) is 0 Å². The molecule has 6 heteroatoms. The number of para-hydroxylation sites is 3. The number of hydrogen-bond donors (Lipinski definition) is 0. The summed E-state index contributed by atoms with van der Waals surface area (Å²) < 4.78 is 15.1. The molecule has 0 radical (unpaired) electrons. The van der Waals surface area contributed by atoms with Crippen LogP contribution in [-0.4, -0.2) is 14.5 Å². The summed E-state index contributed by atoms with van der Waals surface area (Å²) in [6.07, 6.45) is 0. The van der Waals surface area contributed by atoms with E-state index in [1.807, 2.05) is 36.4 Å². The molecule has 13 rings (SSSR count). The molecule has 0 aliphatic rings. The molecule has 0 fully saturated rings. The van der Waals surface area contributed by atoms with Crippen LogP contribution in [0.4, 0.5) is 17.1 Å². The second kappa shape index (κ2) is 13.5. The Morgan fingerprint density at radius 3 is 1.55 bits per heavy atom. The first kappa shape index (κ1) is 34.4. The quantitative estimate of drug-likeness (QED) is 0.157. The third-order valence-corrected chi connectivity index (χ3v) is 12.2. The van der Waals surface area contributed by atoms with E-state index in [0.29, 0.717) is 22.9 Å². The van der Waals surface area contributed by atoms with Crippen molar-refractivity contribution in [3.63, 3.8) is 0 Å². The van der Waals surface area contributed by atoms with Crippen LogP contribution < -0.4 is 4.90 Å². The van der Waals surface area contributed by atoms with Gasteiger partial charge < -0.3 is 18.3 Å². The number of hydrogen-bond acceptors (Lipinski definition) is 5. The topological polar surface area (TPSA) is 60.2 Å². The Hall–Kier alpha value is -8.48. The van der Waals surface area contributed by atoms with Gasteiger partial charge in [-0.2, -0.15) is 0 Å². The van der Waals surface area contributed by atoms with Gasteiger partial charge in [0.15, 0.2) is 11.2 Å². The van der Waals surface area contributed by atoms with Crippen molar-refractivity contribution in [2.75, 3.05) is 4.90 Å². The number of anilines is 3. The molecule has 0 N–H and O–H groups in total. The van der Waals surface area contributed by atoms with Crippen LogP contribution in [0.3, 0.4) is 0 Å². The molecule has 290 valence electrons. The van der Waals surface area contributed by atoms with Gasteiger partial charge in [-0.15, -0.1) is 0 Å². The van der Waals surface area contributed by atoms with Gasteiger partial charge in [0.2, 0.25) is 11.8 Å². The van der Waals surface area contributed by atoms with Crippen LogP contribution in [0.1, 0.15) is 0 Å². The molecule has 0 bridgehead atoms. The van der Waals surface area contributed by atoms with Crippen LogP contribution in [0.2, 0.25) is 0 Å². The largest absolute Gasteiger partial charge is 0.436 e. The fourth-order valence-electron chi connectivity index (χ4n) is 9.38. The Labute approximate surface area is 355 Å². The van der Waals surface area contributed by atoms with Gasteiger partial charge in [0.05, 0.1) is 11.0 Å². The summed E-state index contributed by atoms with van der Waals surface area (Å²) in [6, 6.07) is 72.2. The fourth-order valence-corrected chi connectivity index (χ4v) is 9.38. The van der Waals surface area contributed by atoms with E-state index in [0.717, 1.165) is 61.3 Å². The first-order valence-electron chi connectivity index (χ1n) is 20.8. The summed E-state index contributed by atoms with van der Waals surface area (Å²) in [5.41, 5.74) is 11.1. The first-order chi connectivity index (χ1) is 30.7. The van der Waals surface area contributed by atoms with Crippen molar-refractivity contribution >= 4 is 93.4 Å². The van der Waals surface area contributed by atoms with Crippen LogP contribution in [-0.2, 0) is 0 Å². The minimum atomic E-state index is 0.522. The molecule has 13 aromatic rings. The Morgan fingerprint density at radius 1 is 0.339 bits per heavy atom. The molecule has 0 saturated carbocycles. The van der Waals surface area contributed by atoms with Crippen molar-refractivity contribution in [2.24, 2.45) is 0 Å². The van der Waals surface area contributed by atoms with Crippen molar-refractivity contribution in [1.82, 2.24) is 14.5 Å². The van der Waals surface area contributed by atoms with Crippen molar-refractivity contribution < 1.29 is 8.83 Å². The molecular formula is C56H34N4O2. The highest BCUT2D eigenvalue weighted by Crippen LogP contribution is 2.42. The molecule has 10 aromatic carbocycles. The zero-order valence-corrected chi connectivity index (χ0v) is 33.2. The van der Waals surface area contributed by atoms with Crippen LogP contribution in [0.5, 0.6) is 0 Å². The van der Waals surface area contributed by atoms with Gasteiger partial charge in [-0.25, -0.2) is 9.97 Å². The van der Waals surface area contributed by atoms with E-state index < -0.39 is 0 Å². The molecular weight excluding hydrogens is 761 g/mol. The maximum absolute atomic E-state index is 6.42. The minimum Gasteiger partial charge on any atom is -0.436 e. The fraction of sp³-hybridized carbons (Fsp3) is 0. The number of oxazole rings is 2. The monoisotopic (exact) mass is 794 g/mol. The molecule has 0 saturated heterocycles. The van der Waals surface area contributed by atoms with E-state index in [2.05, 4.69) is 179 Å². The lowest BCUT2D eigenvalue weighted by Gasteiger charge is -2.26. The standard InChI is InChI=1S/C56H34N4O2/c1-3-13-37(14-4-1)59(39-25-27-45-43-19-8-7-17-41(43)42-18-9-10-20-44(42)47(45)33-39)40-26-30-54-50(34-40)58-56(62-54)36-24-29-53-49(32-36)57-55(61-53)35-23-28-52-48(31-35)46-21-11-12-22-51(46)60(52)38-15-5-2-6-16-38/h1-34H. The number of benzene rings is 10. The molecule has 0 aliphatic carbocycles. The third kappa shape index (κ3) is 5.37. The van der Waals surface area contributed by atoms with Gasteiger partial charge in [0, 0.05) is 44.6 Å². The second-order valence-corrected chi connectivity index (χ2v) is 15.8. The minimum absolute atomic E-state index is 0.522. The molecule has 0 spiro atoms. The lowest BCUT2D eigenvalue weighted by molar-refractivity contribution is 0.618. The predicted molar refractivity (Wildman–Crippen MR) is 254 cm³/mol. The summed E-state index contributed by atoms with van der Waals surface area (Å²) in [5.74, 6) is 1.09. The van der Waals surface area contributed by atoms with Gasteiger partial charge in [-0.1, -0.05) is 109 Å². The second-order valence-electron chi connectivity index (χ2n) is 15.8. The zero-order chi connectivity index (χ0) is 40.7. The molecule has 6 nitrogen and oxygen atoms in total. The Balaban J connectivity index is 0.877. The highest BCUT2D eigenvalue weighted by atomic mass is 16.4. The van der Waals surface area contributed by atoms with Crippen LogP contribution in [0.25, 0.3) is 105 Å². The summed E-state index contributed by atoms with van der Waals surface area (Å²) >= 11 is 0. The van der Waals surface area contributed by atoms with Gasteiger partial charge in [-0.3, -0.25) is 0 Å². The molecule has 62 heavy (non-hydrogen) atoms. The molecule has 3 aromatic heterocycles. The smallest absolute Gasteiger partial charge is 0.227 e. The summed E-state index contributed by atoms with van der Waals surface area (Å²) in [4.78, 5) is 12.3. The Morgan fingerprint density at radius 2 is 0.839 bits per heavy atom.